The van der Waals surface area contributed by atoms with Crippen molar-refractivity contribution in [1.82, 2.24) is 0 Å². The van der Waals surface area contributed by atoms with Crippen LogP contribution in [0.3, 0.4) is 0 Å². The van der Waals surface area contributed by atoms with E-state index in [1.165, 1.54) is 69.8 Å². The number of aliphatic hydroxyl groups excluding tert-OH is 2. The summed E-state index contributed by atoms with van der Waals surface area (Å²) in [5.41, 5.74) is 7.05. The Morgan fingerprint density at radius 3 is 0.790 bits per heavy atom. The summed E-state index contributed by atoms with van der Waals surface area (Å²) in [6.45, 7) is 156. The molecule has 1 aromatic carbocycles. The van der Waals surface area contributed by atoms with Crippen LogP contribution in [0.4, 0.5) is 0 Å². The van der Waals surface area contributed by atoms with E-state index in [-0.39, 0.29) is 23.0 Å². The minimum Gasteiger partial charge on any atom is -0.393 e. The SMILES string of the molecule is CC(C)C(C)C(C)(C)C.CC(C)OC(C)C(C)C(C)(C)C.CC(O)C(C)C(C)(C)C.CC(O)CC(C)(C)C.CCC(C)(C)C.CCC(C)C(C)(C)C.CCC(CC)C(C)(C)C.CCC(CCOC)C(C)(C)C.CCC(CCOCc1ccccc1)C(C)(C)C.CCCC(C)(C)C.CCOC(C)C(C)C(C)(C)C.COC(C)C(C)C(C)(C)C.COC(C)CC(C)(C)C.COCCC(C(C)C)C(C)(C)C. The quantitative estimate of drug-likeness (QED) is 0.0703. The van der Waals surface area contributed by atoms with Crippen LogP contribution in [-0.4, -0.2) is 108 Å². The van der Waals surface area contributed by atoms with Crippen molar-refractivity contribution in [1.29, 1.82) is 0 Å². The number of hydrogen-bond acceptors (Lipinski definition) is 9. The van der Waals surface area contributed by atoms with E-state index in [4.69, 9.17) is 43.4 Å². The van der Waals surface area contributed by atoms with E-state index in [1.54, 1.807) is 28.4 Å². The molecule has 0 aliphatic carbocycles. The Labute approximate surface area is 879 Å². The largest absolute Gasteiger partial charge is 0.393 e. The predicted molar refractivity (Wildman–Crippen MR) is 634 cm³/mol. The van der Waals surface area contributed by atoms with Gasteiger partial charge in [0.05, 0.1) is 49.3 Å². The summed E-state index contributed by atoms with van der Waals surface area (Å²) >= 11 is 0. The van der Waals surface area contributed by atoms with Crippen molar-refractivity contribution < 1.29 is 43.4 Å². The van der Waals surface area contributed by atoms with Gasteiger partial charge in [0, 0.05) is 54.9 Å². The molecule has 848 valence electrons. The average molecular weight is 1970 g/mol. The van der Waals surface area contributed by atoms with Gasteiger partial charge in [0.15, 0.2) is 0 Å². The lowest BCUT2D eigenvalue weighted by Gasteiger charge is -2.33. The molecule has 9 heteroatoms. The van der Waals surface area contributed by atoms with Crippen molar-refractivity contribution in [2.24, 2.45) is 147 Å². The summed E-state index contributed by atoms with van der Waals surface area (Å²) in [5.74, 6) is 8.62. The number of benzene rings is 1. The van der Waals surface area contributed by atoms with Crippen LogP contribution < -0.4 is 0 Å². The summed E-state index contributed by atoms with van der Waals surface area (Å²) in [5, 5.41) is 18.0. The van der Waals surface area contributed by atoms with Gasteiger partial charge >= 0.3 is 0 Å². The molecule has 0 aromatic heterocycles. The van der Waals surface area contributed by atoms with Gasteiger partial charge in [-0.1, -0.05) is 484 Å². The summed E-state index contributed by atoms with van der Waals surface area (Å²) < 4.78 is 37.6. The average Bonchev–Trinajstić information content (AvgIpc) is 0.880. The third-order valence-corrected chi connectivity index (χ3v) is 28.9. The standard InChI is InChI=1S/C16H26O.2C11H24O.2C10H22O.C9H20O.2C9H20.2C8H18O.C8H18.C7H16O.C7H16.C6H14/c1-5-15(16(2,3)4)11-12-17-13-14-9-7-6-8-10-14;1-9(2)10(7-8-12-6)11(3,4)5;1-8(2)12-10(4)9(3)11(5,6)7;1-7-11-9(3)8(2)10(4,5)6;1-6-9(7-8-11-5)10(2,3)4;1-7(8(2)10-6)9(3,4)5;1-7(2)8(3)9(4,5)6;1-6-8(7-2)9(3,4)5;1-7(9-5)6-8(2,3)4;1-6(7(2)9)8(3,4)5;1-6-7(2)8(3,4)5;1-6(8)5-7(2,3)4;1-5-6-7(2,3)4;1-5-6(2,3)4/h6-10,15H,5,11-13H2,1-4H3;9-10H,7-8H2,1-6H3;8-10H,1-7H3;8-9H,7H2,1-6H3;9H,6-8H2,1-5H3;7-8H,1-6H3;7-8H,1-6H3;8H,6-7H2,1-5H3;7H,6H2,1-5H3;6-7,9H,1-5H3;7H,6H2,1-5H3;6,8H,5H2,1-4H3;5-6H2,1-4H3;5H2,1-4H3. The molecule has 1 aromatic rings. The van der Waals surface area contributed by atoms with Crippen molar-refractivity contribution in [3.63, 3.8) is 0 Å². The number of hydrogen-bond donors (Lipinski definition) is 2. The third-order valence-electron chi connectivity index (χ3n) is 28.9. The fourth-order valence-electron chi connectivity index (χ4n) is 15.5. The van der Waals surface area contributed by atoms with E-state index in [9.17, 15) is 0 Å². The van der Waals surface area contributed by atoms with Crippen molar-refractivity contribution in [2.45, 2.75) is 604 Å². The minimum atomic E-state index is -0.190. The maximum Gasteiger partial charge on any atom is 0.0716 e. The maximum absolute atomic E-state index is 9.16. The lowest BCUT2D eigenvalue weighted by atomic mass is 9.73. The Morgan fingerprint density at radius 2 is 0.630 bits per heavy atom. The highest BCUT2D eigenvalue weighted by Crippen LogP contribution is 2.39. The first-order valence-corrected chi connectivity index (χ1v) is 56.5. The molecule has 0 saturated carbocycles. The second kappa shape index (κ2) is 82.7. The Bertz CT molecular complexity index is 2600. The molecule has 9 nitrogen and oxygen atoms in total. The Balaban J connectivity index is -0.000000112. The van der Waals surface area contributed by atoms with E-state index >= 15 is 0 Å². The highest BCUT2D eigenvalue weighted by molar-refractivity contribution is 5.13. The highest BCUT2D eigenvalue weighted by Gasteiger charge is 2.32. The molecule has 0 fully saturated rings. The Kier molecular flexibility index (Phi) is 98.7. The van der Waals surface area contributed by atoms with Gasteiger partial charge in [0.2, 0.25) is 0 Å². The van der Waals surface area contributed by atoms with Crippen LogP contribution in [0.5, 0.6) is 0 Å². The van der Waals surface area contributed by atoms with Gasteiger partial charge < -0.3 is 43.4 Å². The van der Waals surface area contributed by atoms with Crippen LogP contribution in [0.2, 0.25) is 0 Å². The smallest absolute Gasteiger partial charge is 0.0716 e. The maximum atomic E-state index is 9.16. The van der Waals surface area contributed by atoms with E-state index in [1.807, 2.05) is 26.8 Å². The fourth-order valence-corrected chi connectivity index (χ4v) is 15.5. The summed E-state index contributed by atoms with van der Waals surface area (Å²) in [4.78, 5) is 0. The zero-order valence-corrected chi connectivity index (χ0v) is 110. The Morgan fingerprint density at radius 1 is 0.304 bits per heavy atom. The molecule has 2 N–H and O–H groups in total. The fraction of sp³-hybridized carbons (Fsp3) is 0.953. The lowest BCUT2D eigenvalue weighted by molar-refractivity contribution is -0.0383. The highest BCUT2D eigenvalue weighted by atomic mass is 16.5. The topological polar surface area (TPSA) is 105 Å². The number of ether oxygens (including phenoxy) is 7. The molecular weight excluding hydrogens is 1690 g/mol. The second-order valence-corrected chi connectivity index (χ2v) is 58.0. The monoisotopic (exact) mass is 1970 g/mol. The molecule has 15 unspecified atom stereocenters. The van der Waals surface area contributed by atoms with Crippen LogP contribution in [0.15, 0.2) is 30.3 Å². The van der Waals surface area contributed by atoms with Crippen molar-refractivity contribution in [3.05, 3.63) is 35.9 Å². The lowest BCUT2D eigenvalue weighted by Crippen LogP contribution is -2.31. The van der Waals surface area contributed by atoms with E-state index < -0.39 is 0 Å². The molecule has 1 rings (SSSR count). The first-order chi connectivity index (χ1) is 61.2. The molecule has 0 bridgehead atoms. The minimum absolute atomic E-state index is 0.157. The van der Waals surface area contributed by atoms with Crippen LogP contribution in [0.1, 0.15) is 560 Å². The predicted octanol–water partition coefficient (Wildman–Crippen LogP) is 41.8. The van der Waals surface area contributed by atoms with Crippen LogP contribution in [-0.2, 0) is 39.8 Å². The van der Waals surface area contributed by atoms with Gasteiger partial charge in [-0.05, 0) is 253 Å². The molecule has 0 saturated heterocycles. The van der Waals surface area contributed by atoms with E-state index in [0.717, 1.165) is 99.6 Å². The molecule has 0 aliphatic rings. The third kappa shape index (κ3) is 117. The molecule has 0 amide bonds. The number of aliphatic hydroxyl groups is 2. The van der Waals surface area contributed by atoms with Crippen LogP contribution in [0.25, 0.3) is 0 Å². The van der Waals surface area contributed by atoms with Gasteiger partial charge in [0.1, 0.15) is 0 Å². The zero-order valence-electron chi connectivity index (χ0n) is 110. The summed E-state index contributed by atoms with van der Waals surface area (Å²) in [6, 6.07) is 10.4. The first kappa shape index (κ1) is 165. The van der Waals surface area contributed by atoms with Gasteiger partial charge in [0.25, 0.3) is 0 Å². The van der Waals surface area contributed by atoms with Crippen LogP contribution >= 0.6 is 0 Å². The number of rotatable bonds is 31. The molecule has 0 aliphatic heterocycles. The van der Waals surface area contributed by atoms with Gasteiger partial charge in [-0.15, -0.1) is 0 Å². The van der Waals surface area contributed by atoms with Crippen LogP contribution in [0, 0.1) is 147 Å². The Hall–Kier alpha value is -1.14. The molecule has 138 heavy (non-hydrogen) atoms. The molecular formula is C129H278O9. The van der Waals surface area contributed by atoms with Gasteiger partial charge in [-0.2, -0.15) is 0 Å². The van der Waals surface area contributed by atoms with E-state index in [2.05, 4.69) is 474 Å². The molecule has 15 atom stereocenters. The van der Waals surface area contributed by atoms with E-state index in [0.29, 0.717) is 119 Å². The van der Waals surface area contributed by atoms with Crippen molar-refractivity contribution in [3.8, 4) is 0 Å². The van der Waals surface area contributed by atoms with Crippen molar-refractivity contribution in [2.75, 3.05) is 54.9 Å². The normalized spacial score (nSPS) is 15.7. The molecule has 0 spiro atoms. The van der Waals surface area contributed by atoms with Gasteiger partial charge in [-0.25, -0.2) is 0 Å². The second-order valence-electron chi connectivity index (χ2n) is 58.0. The zero-order chi connectivity index (χ0) is 114. The van der Waals surface area contributed by atoms with Gasteiger partial charge in [-0.3, -0.25) is 0 Å². The summed E-state index contributed by atoms with van der Waals surface area (Å²) in [6.07, 6.45) is 17.4. The first-order valence-electron chi connectivity index (χ1n) is 56.5. The number of methoxy groups -OCH3 is 4. The van der Waals surface area contributed by atoms with Crippen molar-refractivity contribution >= 4 is 0 Å². The molecule has 0 heterocycles. The summed E-state index contributed by atoms with van der Waals surface area (Å²) in [7, 11) is 7.08. The molecule has 0 radical (unpaired) electrons.